The van der Waals surface area contributed by atoms with Gasteiger partial charge in [0.2, 0.25) is 5.91 Å². The quantitative estimate of drug-likeness (QED) is 0.672. The van der Waals surface area contributed by atoms with Crippen molar-refractivity contribution in [1.29, 1.82) is 0 Å². The number of hydrogen-bond donors (Lipinski definition) is 2. The minimum absolute atomic E-state index is 0.232. The molecule has 1 amide bonds. The lowest BCUT2D eigenvalue weighted by Gasteiger charge is -2.08. The first-order valence-electron chi connectivity index (χ1n) is 6.49. The third-order valence-corrected chi connectivity index (χ3v) is 3.84. The van der Waals surface area contributed by atoms with Gasteiger partial charge in [0, 0.05) is 17.5 Å². The number of carbonyl (C=O) groups excluding carboxylic acids is 1. The van der Waals surface area contributed by atoms with Crippen molar-refractivity contribution in [3.05, 3.63) is 63.9 Å². The highest BCUT2D eigenvalue weighted by molar-refractivity contribution is 7.80. The summed E-state index contributed by atoms with van der Waals surface area (Å²) in [5.74, 6) is -0.232. The number of thiocarbonyl (C=S) groups is 1. The van der Waals surface area contributed by atoms with Gasteiger partial charge < -0.3 is 5.32 Å². The second-order valence-electron chi connectivity index (χ2n) is 4.51. The zero-order chi connectivity index (χ0) is 15.1. The van der Waals surface area contributed by atoms with Crippen LogP contribution in [-0.2, 0) is 11.3 Å². The van der Waals surface area contributed by atoms with Crippen molar-refractivity contribution in [3.63, 3.8) is 0 Å². The normalized spacial score (nSPS) is 10.5. The van der Waals surface area contributed by atoms with Crippen LogP contribution in [0.3, 0.4) is 0 Å². The van der Waals surface area contributed by atoms with E-state index >= 15 is 0 Å². The Morgan fingerprint density at radius 1 is 1.29 bits per heavy atom. The van der Waals surface area contributed by atoms with Gasteiger partial charge in [-0.15, -0.1) is 11.3 Å². The molecule has 1 heterocycles. The number of aryl methyl sites for hydroxylation is 1. The molecule has 0 spiro atoms. The maximum atomic E-state index is 11.7. The lowest BCUT2D eigenvalue weighted by Crippen LogP contribution is -2.37. The SMILES string of the molecule is Cc1ccc(CNC(=S)NC(=O)/C=C/c2cccs2)cc1. The first kappa shape index (κ1) is 15.4. The smallest absolute Gasteiger partial charge is 0.250 e. The van der Waals surface area contributed by atoms with Gasteiger partial charge >= 0.3 is 0 Å². The van der Waals surface area contributed by atoms with Gasteiger partial charge in [-0.2, -0.15) is 0 Å². The summed E-state index contributed by atoms with van der Waals surface area (Å²) in [5, 5.41) is 7.93. The number of amides is 1. The van der Waals surface area contributed by atoms with E-state index in [0.717, 1.165) is 10.4 Å². The molecule has 2 rings (SSSR count). The van der Waals surface area contributed by atoms with Crippen LogP contribution in [0.5, 0.6) is 0 Å². The molecule has 2 aromatic rings. The molecular weight excluding hydrogens is 300 g/mol. The Bertz CT molecular complexity index is 631. The van der Waals surface area contributed by atoms with Crippen molar-refractivity contribution in [1.82, 2.24) is 10.6 Å². The fourth-order valence-electron chi connectivity index (χ4n) is 1.63. The zero-order valence-corrected chi connectivity index (χ0v) is 13.3. The number of hydrogen-bond acceptors (Lipinski definition) is 3. The minimum Gasteiger partial charge on any atom is -0.358 e. The van der Waals surface area contributed by atoms with E-state index in [0.29, 0.717) is 11.7 Å². The van der Waals surface area contributed by atoms with Gasteiger partial charge in [0.25, 0.3) is 0 Å². The van der Waals surface area contributed by atoms with Gasteiger partial charge in [-0.3, -0.25) is 10.1 Å². The van der Waals surface area contributed by atoms with Crippen LogP contribution >= 0.6 is 23.6 Å². The number of nitrogens with one attached hydrogen (secondary N) is 2. The van der Waals surface area contributed by atoms with E-state index in [1.165, 1.54) is 11.6 Å². The molecule has 1 aromatic heterocycles. The highest BCUT2D eigenvalue weighted by Gasteiger charge is 2.01. The van der Waals surface area contributed by atoms with Crippen molar-refractivity contribution in [3.8, 4) is 0 Å². The van der Waals surface area contributed by atoms with Gasteiger partial charge in [-0.1, -0.05) is 35.9 Å². The lowest BCUT2D eigenvalue weighted by atomic mass is 10.1. The van der Waals surface area contributed by atoms with Gasteiger partial charge in [0.05, 0.1) is 0 Å². The van der Waals surface area contributed by atoms with Crippen LogP contribution in [0, 0.1) is 6.92 Å². The molecule has 0 radical (unpaired) electrons. The predicted octanol–water partition coefficient (Wildman–Crippen LogP) is 3.26. The minimum atomic E-state index is -0.232. The molecular formula is C16H16N2OS2. The number of rotatable bonds is 4. The van der Waals surface area contributed by atoms with Crippen LogP contribution in [0.2, 0.25) is 0 Å². The second kappa shape index (κ2) is 7.71. The van der Waals surface area contributed by atoms with Crippen LogP contribution < -0.4 is 10.6 Å². The molecule has 0 saturated heterocycles. The van der Waals surface area contributed by atoms with E-state index in [-0.39, 0.29) is 5.91 Å². The first-order chi connectivity index (χ1) is 10.1. The Labute approximate surface area is 133 Å². The van der Waals surface area contributed by atoms with E-state index in [4.69, 9.17) is 12.2 Å². The largest absolute Gasteiger partial charge is 0.358 e. The monoisotopic (exact) mass is 316 g/mol. The third-order valence-electron chi connectivity index (χ3n) is 2.75. The maximum absolute atomic E-state index is 11.7. The number of thiophene rings is 1. The molecule has 1 aromatic carbocycles. The van der Waals surface area contributed by atoms with Crippen molar-refractivity contribution in [2.45, 2.75) is 13.5 Å². The van der Waals surface area contributed by atoms with E-state index in [1.54, 1.807) is 17.4 Å². The number of carbonyl (C=O) groups is 1. The summed E-state index contributed by atoms with van der Waals surface area (Å²) in [5.41, 5.74) is 2.33. The van der Waals surface area contributed by atoms with Crippen LogP contribution in [-0.4, -0.2) is 11.0 Å². The zero-order valence-electron chi connectivity index (χ0n) is 11.6. The summed E-state index contributed by atoms with van der Waals surface area (Å²) >= 11 is 6.67. The summed E-state index contributed by atoms with van der Waals surface area (Å²) in [6.45, 7) is 2.63. The summed E-state index contributed by atoms with van der Waals surface area (Å²) in [7, 11) is 0. The fourth-order valence-corrected chi connectivity index (χ4v) is 2.42. The Hall–Kier alpha value is -1.98. The molecule has 0 atom stereocenters. The van der Waals surface area contributed by atoms with E-state index in [2.05, 4.69) is 10.6 Å². The van der Waals surface area contributed by atoms with Crippen LogP contribution in [0.1, 0.15) is 16.0 Å². The van der Waals surface area contributed by atoms with Gasteiger partial charge in [0.15, 0.2) is 5.11 Å². The highest BCUT2D eigenvalue weighted by atomic mass is 32.1. The molecule has 3 nitrogen and oxygen atoms in total. The van der Waals surface area contributed by atoms with E-state index in [1.807, 2.05) is 48.7 Å². The Balaban J connectivity index is 1.76. The van der Waals surface area contributed by atoms with Crippen LogP contribution in [0.4, 0.5) is 0 Å². The molecule has 2 N–H and O–H groups in total. The highest BCUT2D eigenvalue weighted by Crippen LogP contribution is 2.09. The van der Waals surface area contributed by atoms with E-state index < -0.39 is 0 Å². The summed E-state index contributed by atoms with van der Waals surface area (Å²) in [6, 6.07) is 12.0. The third kappa shape index (κ3) is 5.49. The molecule has 0 aliphatic rings. The van der Waals surface area contributed by atoms with E-state index in [9.17, 15) is 4.79 Å². The molecule has 0 fully saturated rings. The second-order valence-corrected chi connectivity index (χ2v) is 5.89. The number of benzene rings is 1. The maximum Gasteiger partial charge on any atom is 0.250 e. The Morgan fingerprint density at radius 3 is 2.71 bits per heavy atom. The molecule has 0 unspecified atom stereocenters. The average molecular weight is 316 g/mol. The average Bonchev–Trinajstić information content (AvgIpc) is 2.98. The predicted molar refractivity (Wildman–Crippen MR) is 92.1 cm³/mol. The molecule has 21 heavy (non-hydrogen) atoms. The Kier molecular flexibility index (Phi) is 5.66. The first-order valence-corrected chi connectivity index (χ1v) is 7.78. The van der Waals surface area contributed by atoms with Crippen LogP contribution in [0.25, 0.3) is 6.08 Å². The van der Waals surface area contributed by atoms with Crippen molar-refractivity contribution in [2.75, 3.05) is 0 Å². The summed E-state index contributed by atoms with van der Waals surface area (Å²) < 4.78 is 0. The molecule has 0 bridgehead atoms. The molecule has 5 heteroatoms. The van der Waals surface area contributed by atoms with Crippen molar-refractivity contribution < 1.29 is 4.79 Å². The molecule has 108 valence electrons. The lowest BCUT2D eigenvalue weighted by molar-refractivity contribution is -0.115. The molecule has 0 aliphatic heterocycles. The fraction of sp³-hybridized carbons (Fsp3) is 0.125. The topological polar surface area (TPSA) is 41.1 Å². The Morgan fingerprint density at radius 2 is 2.05 bits per heavy atom. The summed E-state index contributed by atoms with van der Waals surface area (Å²) in [4.78, 5) is 12.7. The van der Waals surface area contributed by atoms with Gasteiger partial charge in [-0.05, 0) is 42.2 Å². The van der Waals surface area contributed by atoms with Crippen molar-refractivity contribution in [2.24, 2.45) is 0 Å². The molecule has 0 aliphatic carbocycles. The summed E-state index contributed by atoms with van der Waals surface area (Å²) in [6.07, 6.45) is 3.24. The van der Waals surface area contributed by atoms with Gasteiger partial charge in [0.1, 0.15) is 0 Å². The standard InChI is InChI=1S/C16H16N2OS2/c1-12-4-6-13(7-5-12)11-17-16(20)18-15(19)9-8-14-3-2-10-21-14/h2-10H,11H2,1H3,(H2,17,18,19,20)/b9-8+. The van der Waals surface area contributed by atoms with Crippen molar-refractivity contribution >= 4 is 40.7 Å². The van der Waals surface area contributed by atoms with Gasteiger partial charge in [-0.25, -0.2) is 0 Å². The van der Waals surface area contributed by atoms with Crippen LogP contribution in [0.15, 0.2) is 47.9 Å². The molecule has 0 saturated carbocycles.